The molecule has 0 radical (unpaired) electrons. The van der Waals surface area contributed by atoms with Crippen molar-refractivity contribution >= 4 is 10.9 Å². The fourth-order valence-electron chi connectivity index (χ4n) is 2.44. The molecule has 1 nitrogen and oxygen atoms in total. The van der Waals surface area contributed by atoms with E-state index in [4.69, 9.17) is 4.74 Å². The molecule has 0 saturated carbocycles. The molecule has 0 unspecified atom stereocenters. The number of ether oxygens (including phenoxy) is 1. The van der Waals surface area contributed by atoms with E-state index < -0.39 is 11.7 Å². The summed E-state index contributed by atoms with van der Waals surface area (Å²) in [7, 11) is 0.361. The number of alkyl halides is 3. The largest absolute Gasteiger partial charge is 0.457 e. The lowest BCUT2D eigenvalue weighted by atomic mass is 10.2. The molecule has 0 aliphatic carbocycles. The predicted molar refractivity (Wildman–Crippen MR) is 82.6 cm³/mol. The molecule has 1 saturated heterocycles. The average molecular weight is 325 g/mol. The van der Waals surface area contributed by atoms with E-state index >= 15 is 0 Å². The van der Waals surface area contributed by atoms with Crippen LogP contribution in [0.15, 0.2) is 53.4 Å². The summed E-state index contributed by atoms with van der Waals surface area (Å²) in [5.41, 5.74) is -0.669. The van der Waals surface area contributed by atoms with Gasteiger partial charge in [-0.2, -0.15) is 13.2 Å². The van der Waals surface area contributed by atoms with Crippen molar-refractivity contribution in [2.45, 2.75) is 23.9 Å². The van der Waals surface area contributed by atoms with Crippen LogP contribution in [0.5, 0.6) is 11.5 Å². The predicted octanol–water partition coefficient (Wildman–Crippen LogP) is 5.27. The first-order chi connectivity index (χ1) is 10.5. The van der Waals surface area contributed by atoms with E-state index in [0.29, 0.717) is 22.4 Å². The molecule has 1 fully saturated rings. The third-order valence-electron chi connectivity index (χ3n) is 3.61. The fourth-order valence-corrected chi connectivity index (χ4v) is 4.74. The van der Waals surface area contributed by atoms with Crippen LogP contribution in [0.4, 0.5) is 13.2 Å². The van der Waals surface area contributed by atoms with Gasteiger partial charge in [0.15, 0.2) is 4.90 Å². The van der Waals surface area contributed by atoms with Crippen LogP contribution in [0, 0.1) is 0 Å². The van der Waals surface area contributed by atoms with Crippen molar-refractivity contribution in [2.75, 3.05) is 11.5 Å². The maximum atomic E-state index is 12.5. The average Bonchev–Trinajstić information content (AvgIpc) is 3.02. The summed E-state index contributed by atoms with van der Waals surface area (Å²) in [6.45, 7) is 0. The second-order valence-corrected chi connectivity index (χ2v) is 7.48. The van der Waals surface area contributed by atoms with Gasteiger partial charge in [-0.05, 0) is 61.4 Å². The van der Waals surface area contributed by atoms with E-state index in [2.05, 4.69) is 12.1 Å². The van der Waals surface area contributed by atoms with E-state index in [9.17, 15) is 13.2 Å². The summed E-state index contributed by atoms with van der Waals surface area (Å²) in [5.74, 6) is 3.58. The second-order valence-electron chi connectivity index (χ2n) is 5.20. The van der Waals surface area contributed by atoms with Crippen molar-refractivity contribution in [3.63, 3.8) is 0 Å². The molecular formula is C17H16F3OS+. The summed E-state index contributed by atoms with van der Waals surface area (Å²) < 4.78 is 43.1. The van der Waals surface area contributed by atoms with E-state index in [0.717, 1.165) is 12.1 Å². The highest BCUT2D eigenvalue weighted by atomic mass is 32.2. The van der Waals surface area contributed by atoms with Crippen LogP contribution in [-0.4, -0.2) is 11.5 Å². The quantitative estimate of drug-likeness (QED) is 0.699. The van der Waals surface area contributed by atoms with Gasteiger partial charge in [0.2, 0.25) is 0 Å². The number of rotatable bonds is 3. The van der Waals surface area contributed by atoms with Crippen LogP contribution < -0.4 is 4.74 Å². The molecule has 0 bridgehead atoms. The zero-order chi connectivity index (χ0) is 15.6. The number of hydrogen-bond donors (Lipinski definition) is 0. The van der Waals surface area contributed by atoms with E-state index in [1.165, 1.54) is 41.4 Å². The lowest BCUT2D eigenvalue weighted by Crippen LogP contribution is -2.04. The summed E-state index contributed by atoms with van der Waals surface area (Å²) in [6, 6.07) is 12.6. The first-order valence-electron chi connectivity index (χ1n) is 7.15. The molecule has 0 N–H and O–H groups in total. The molecule has 3 rings (SSSR count). The van der Waals surface area contributed by atoms with Crippen LogP contribution in [0.1, 0.15) is 18.4 Å². The number of benzene rings is 2. The van der Waals surface area contributed by atoms with Crippen molar-refractivity contribution in [1.29, 1.82) is 0 Å². The van der Waals surface area contributed by atoms with Crippen LogP contribution in [-0.2, 0) is 17.1 Å². The highest BCUT2D eigenvalue weighted by Crippen LogP contribution is 2.32. The molecule has 116 valence electrons. The van der Waals surface area contributed by atoms with Gasteiger partial charge in [-0.3, -0.25) is 0 Å². The Bertz CT molecular complexity index is 614. The normalized spacial score (nSPS) is 16.0. The minimum atomic E-state index is -4.32. The van der Waals surface area contributed by atoms with Crippen LogP contribution in [0.3, 0.4) is 0 Å². The zero-order valence-corrected chi connectivity index (χ0v) is 12.7. The second kappa shape index (κ2) is 6.24. The van der Waals surface area contributed by atoms with Crippen molar-refractivity contribution in [2.24, 2.45) is 0 Å². The van der Waals surface area contributed by atoms with Gasteiger partial charge in [-0.15, -0.1) is 0 Å². The third-order valence-corrected chi connectivity index (χ3v) is 6.11. The topological polar surface area (TPSA) is 9.23 Å². The van der Waals surface area contributed by atoms with Crippen molar-refractivity contribution < 1.29 is 17.9 Å². The first-order valence-corrected chi connectivity index (χ1v) is 8.71. The smallest absolute Gasteiger partial charge is 0.416 e. The number of hydrogen-bond acceptors (Lipinski definition) is 1. The van der Waals surface area contributed by atoms with Crippen LogP contribution >= 0.6 is 0 Å². The maximum Gasteiger partial charge on any atom is 0.416 e. The Morgan fingerprint density at radius 1 is 0.773 bits per heavy atom. The van der Waals surface area contributed by atoms with Gasteiger partial charge >= 0.3 is 6.18 Å². The van der Waals surface area contributed by atoms with Gasteiger partial charge < -0.3 is 4.74 Å². The first kappa shape index (κ1) is 15.3. The monoisotopic (exact) mass is 325 g/mol. The Morgan fingerprint density at radius 3 is 1.77 bits per heavy atom. The van der Waals surface area contributed by atoms with Gasteiger partial charge in [0.1, 0.15) is 23.0 Å². The molecule has 2 aromatic rings. The molecule has 0 atom stereocenters. The Balaban J connectivity index is 1.67. The lowest BCUT2D eigenvalue weighted by molar-refractivity contribution is -0.137. The maximum absolute atomic E-state index is 12.5. The molecule has 0 spiro atoms. The molecule has 0 aromatic heterocycles. The Labute approximate surface area is 130 Å². The Hall–Kier alpha value is -1.62. The van der Waals surface area contributed by atoms with Gasteiger partial charge in [0, 0.05) is 10.9 Å². The van der Waals surface area contributed by atoms with E-state index in [1.54, 1.807) is 0 Å². The fraction of sp³-hybridized carbons (Fsp3) is 0.294. The SMILES string of the molecule is FC(F)(F)c1ccc(Oc2ccc([S+]3CCCC3)cc2)cc1. The molecule has 22 heavy (non-hydrogen) atoms. The van der Waals surface area contributed by atoms with Crippen molar-refractivity contribution in [1.82, 2.24) is 0 Å². The molecule has 1 aliphatic heterocycles. The Morgan fingerprint density at radius 2 is 1.27 bits per heavy atom. The third kappa shape index (κ3) is 3.58. The summed E-state index contributed by atoms with van der Waals surface area (Å²) in [6.07, 6.45) is -1.72. The summed E-state index contributed by atoms with van der Waals surface area (Å²) >= 11 is 0. The highest BCUT2D eigenvalue weighted by Gasteiger charge is 2.30. The zero-order valence-electron chi connectivity index (χ0n) is 11.9. The van der Waals surface area contributed by atoms with Crippen molar-refractivity contribution in [3.8, 4) is 11.5 Å². The standard InChI is InChI=1S/C17H16F3OS/c18-17(19,20)13-3-5-14(6-4-13)21-15-7-9-16(10-8-15)22-11-1-2-12-22/h3-10H,1-2,11-12H2/q+1. The van der Waals surface area contributed by atoms with Gasteiger partial charge in [0.05, 0.1) is 5.56 Å². The Kier molecular flexibility index (Phi) is 4.34. The van der Waals surface area contributed by atoms with Gasteiger partial charge in [-0.1, -0.05) is 0 Å². The summed E-state index contributed by atoms with van der Waals surface area (Å²) in [5, 5.41) is 0. The minimum Gasteiger partial charge on any atom is -0.457 e. The van der Waals surface area contributed by atoms with Crippen LogP contribution in [0.2, 0.25) is 0 Å². The summed E-state index contributed by atoms with van der Waals surface area (Å²) in [4.78, 5) is 1.34. The van der Waals surface area contributed by atoms with Crippen LogP contribution in [0.25, 0.3) is 0 Å². The minimum absolute atomic E-state index is 0.361. The highest BCUT2D eigenvalue weighted by molar-refractivity contribution is 7.97. The lowest BCUT2D eigenvalue weighted by Gasteiger charge is -2.09. The van der Waals surface area contributed by atoms with E-state index in [-0.39, 0.29) is 0 Å². The van der Waals surface area contributed by atoms with Gasteiger partial charge in [-0.25, -0.2) is 0 Å². The molecular weight excluding hydrogens is 309 g/mol. The van der Waals surface area contributed by atoms with Crippen molar-refractivity contribution in [3.05, 3.63) is 54.1 Å². The molecule has 0 amide bonds. The van der Waals surface area contributed by atoms with Gasteiger partial charge in [0.25, 0.3) is 0 Å². The molecule has 1 aliphatic rings. The van der Waals surface area contributed by atoms with E-state index in [1.807, 2.05) is 12.1 Å². The molecule has 2 aromatic carbocycles. The molecule has 1 heterocycles. The number of halogens is 3. The molecule has 5 heteroatoms.